The first-order valence-corrected chi connectivity index (χ1v) is 13.9. The van der Waals surface area contributed by atoms with Crippen molar-refractivity contribution in [2.75, 3.05) is 43.6 Å². The summed E-state index contributed by atoms with van der Waals surface area (Å²) in [5.41, 5.74) is 4.28. The molecular formula is C34H35N3O4. The molecule has 1 heterocycles. The van der Waals surface area contributed by atoms with Gasteiger partial charge in [-0.15, -0.1) is 0 Å². The van der Waals surface area contributed by atoms with Gasteiger partial charge in [-0.05, 0) is 53.1 Å². The zero-order valence-corrected chi connectivity index (χ0v) is 23.2. The second-order valence-corrected chi connectivity index (χ2v) is 9.98. The van der Waals surface area contributed by atoms with Crippen LogP contribution in [0.1, 0.15) is 22.7 Å². The van der Waals surface area contributed by atoms with Gasteiger partial charge in [-0.25, -0.2) is 0 Å². The molecule has 0 radical (unpaired) electrons. The number of rotatable bonds is 10. The highest BCUT2D eigenvalue weighted by Crippen LogP contribution is 2.28. The number of carbonyl (C=O) groups excluding carboxylic acids is 2. The van der Waals surface area contributed by atoms with E-state index >= 15 is 0 Å². The van der Waals surface area contributed by atoms with Crippen molar-refractivity contribution in [1.82, 2.24) is 4.90 Å². The predicted octanol–water partition coefficient (Wildman–Crippen LogP) is 5.48. The van der Waals surface area contributed by atoms with Crippen molar-refractivity contribution in [2.24, 2.45) is 0 Å². The van der Waals surface area contributed by atoms with Crippen molar-refractivity contribution in [2.45, 2.75) is 19.0 Å². The van der Waals surface area contributed by atoms with Gasteiger partial charge in [-0.2, -0.15) is 0 Å². The van der Waals surface area contributed by atoms with Crippen LogP contribution in [0.25, 0.3) is 0 Å². The maximum atomic E-state index is 14.1. The van der Waals surface area contributed by atoms with E-state index in [-0.39, 0.29) is 24.8 Å². The summed E-state index contributed by atoms with van der Waals surface area (Å²) in [6.45, 7) is 3.37. The van der Waals surface area contributed by atoms with Gasteiger partial charge in [0.15, 0.2) is 0 Å². The summed E-state index contributed by atoms with van der Waals surface area (Å²) >= 11 is 0. The number of carbonyl (C=O) groups is 2. The van der Waals surface area contributed by atoms with E-state index in [1.54, 1.807) is 12.0 Å². The number of methoxy groups -OCH3 is 1. The second-order valence-electron chi connectivity index (χ2n) is 9.98. The molecular weight excluding hydrogens is 514 g/mol. The van der Waals surface area contributed by atoms with Crippen molar-refractivity contribution in [3.8, 4) is 5.75 Å². The third kappa shape index (κ3) is 7.32. The average Bonchev–Trinajstić information content (AvgIpc) is 3.03. The molecule has 0 spiro atoms. The highest BCUT2D eigenvalue weighted by molar-refractivity contribution is 5.98. The van der Waals surface area contributed by atoms with Crippen molar-refractivity contribution in [3.63, 3.8) is 0 Å². The lowest BCUT2D eigenvalue weighted by molar-refractivity contribution is -0.139. The number of hydrogen-bond acceptors (Lipinski definition) is 5. The van der Waals surface area contributed by atoms with Crippen LogP contribution in [0.4, 0.5) is 11.4 Å². The number of ether oxygens (including phenoxy) is 2. The summed E-state index contributed by atoms with van der Waals surface area (Å²) in [7, 11) is 1.60. The number of morpholine rings is 1. The van der Waals surface area contributed by atoms with Crippen LogP contribution in [0.15, 0.2) is 109 Å². The molecule has 0 aromatic heterocycles. The molecule has 7 nitrogen and oxygen atoms in total. The Kier molecular flexibility index (Phi) is 9.29. The SMILES string of the molecule is COc1ccc([C@@H](C(=O)Nc2ccc(N3CCOCC3)cc2)N(Cc2ccccc2)C(=O)Cc2ccccc2)cc1. The highest BCUT2D eigenvalue weighted by atomic mass is 16.5. The molecule has 4 aromatic rings. The van der Waals surface area contributed by atoms with E-state index < -0.39 is 6.04 Å². The molecule has 0 unspecified atom stereocenters. The Balaban J connectivity index is 1.46. The minimum Gasteiger partial charge on any atom is -0.497 e. The van der Waals surface area contributed by atoms with E-state index in [4.69, 9.17) is 9.47 Å². The Hall–Kier alpha value is -4.62. The largest absolute Gasteiger partial charge is 0.497 e. The van der Waals surface area contributed by atoms with Crippen molar-refractivity contribution >= 4 is 23.2 Å². The van der Waals surface area contributed by atoms with Gasteiger partial charge >= 0.3 is 0 Å². The third-order valence-corrected chi connectivity index (χ3v) is 7.22. The lowest BCUT2D eigenvalue weighted by atomic mass is 10.0. The molecule has 1 N–H and O–H groups in total. The van der Waals surface area contributed by atoms with Gasteiger partial charge in [0.05, 0.1) is 26.7 Å². The van der Waals surface area contributed by atoms with E-state index in [1.165, 1.54) is 0 Å². The highest BCUT2D eigenvalue weighted by Gasteiger charge is 2.32. The quantitative estimate of drug-likeness (QED) is 0.284. The van der Waals surface area contributed by atoms with Crippen LogP contribution in [0.5, 0.6) is 5.75 Å². The first-order chi connectivity index (χ1) is 20.1. The van der Waals surface area contributed by atoms with Crippen molar-refractivity contribution in [1.29, 1.82) is 0 Å². The minimum atomic E-state index is -0.865. The fourth-order valence-electron chi connectivity index (χ4n) is 5.02. The molecule has 210 valence electrons. The predicted molar refractivity (Wildman–Crippen MR) is 161 cm³/mol. The molecule has 7 heteroatoms. The first kappa shape index (κ1) is 27.9. The average molecular weight is 550 g/mol. The molecule has 1 aliphatic rings. The van der Waals surface area contributed by atoms with Crippen LogP contribution in [0, 0.1) is 0 Å². The Morgan fingerprint density at radius 2 is 1.44 bits per heavy atom. The molecule has 0 aliphatic carbocycles. The summed E-state index contributed by atoms with van der Waals surface area (Å²) in [6, 6.07) is 33.6. The molecule has 0 saturated carbocycles. The molecule has 1 aliphatic heterocycles. The van der Waals surface area contributed by atoms with Gasteiger partial charge in [-0.3, -0.25) is 9.59 Å². The lowest BCUT2D eigenvalue weighted by Crippen LogP contribution is -2.41. The second kappa shape index (κ2) is 13.6. The number of anilines is 2. The van der Waals surface area contributed by atoms with E-state index in [9.17, 15) is 9.59 Å². The molecule has 5 rings (SSSR count). The molecule has 1 saturated heterocycles. The Labute approximate surface area is 241 Å². The summed E-state index contributed by atoms with van der Waals surface area (Å²) in [4.78, 5) is 31.9. The van der Waals surface area contributed by atoms with Gasteiger partial charge in [0.1, 0.15) is 11.8 Å². The van der Waals surface area contributed by atoms with Crippen LogP contribution in [0.3, 0.4) is 0 Å². The number of benzene rings is 4. The standard InChI is InChI=1S/C34H35N3O4/c1-40-31-18-12-28(13-19-31)33(34(39)35-29-14-16-30(17-15-29)36-20-22-41-23-21-36)37(25-27-10-6-3-7-11-27)32(38)24-26-8-4-2-5-9-26/h2-19,33H,20-25H2,1H3,(H,35,39)/t33-/m0/s1. The zero-order valence-electron chi connectivity index (χ0n) is 23.2. The fraction of sp³-hybridized carbons (Fsp3) is 0.235. The number of amides is 2. The number of nitrogens with zero attached hydrogens (tertiary/aromatic N) is 2. The topological polar surface area (TPSA) is 71.1 Å². The normalized spacial score (nSPS) is 13.7. The van der Waals surface area contributed by atoms with Gasteiger partial charge in [0, 0.05) is 31.0 Å². The van der Waals surface area contributed by atoms with E-state index in [0.717, 1.165) is 29.9 Å². The molecule has 2 amide bonds. The van der Waals surface area contributed by atoms with E-state index in [0.29, 0.717) is 30.2 Å². The fourth-order valence-corrected chi connectivity index (χ4v) is 5.02. The van der Waals surface area contributed by atoms with Crippen LogP contribution in [0.2, 0.25) is 0 Å². The van der Waals surface area contributed by atoms with Gasteiger partial charge < -0.3 is 24.6 Å². The molecule has 4 aromatic carbocycles. The smallest absolute Gasteiger partial charge is 0.251 e. The van der Waals surface area contributed by atoms with Crippen molar-refractivity contribution < 1.29 is 19.1 Å². The van der Waals surface area contributed by atoms with E-state index in [1.807, 2.05) is 109 Å². The number of nitrogens with one attached hydrogen (secondary N) is 1. The van der Waals surface area contributed by atoms with Crippen LogP contribution >= 0.6 is 0 Å². The first-order valence-electron chi connectivity index (χ1n) is 13.9. The van der Waals surface area contributed by atoms with Crippen molar-refractivity contribution in [3.05, 3.63) is 126 Å². The summed E-state index contributed by atoms with van der Waals surface area (Å²) in [6.07, 6.45) is 0.182. The maximum absolute atomic E-state index is 14.1. The summed E-state index contributed by atoms with van der Waals surface area (Å²) in [5.74, 6) is 0.252. The monoisotopic (exact) mass is 549 g/mol. The molecule has 0 bridgehead atoms. The van der Waals surface area contributed by atoms with E-state index in [2.05, 4.69) is 10.2 Å². The zero-order chi connectivity index (χ0) is 28.4. The van der Waals surface area contributed by atoms with Crippen LogP contribution in [-0.4, -0.2) is 50.1 Å². The third-order valence-electron chi connectivity index (χ3n) is 7.22. The Bertz CT molecular complexity index is 1400. The van der Waals surface area contributed by atoms with Gasteiger partial charge in [-0.1, -0.05) is 72.8 Å². The Morgan fingerprint density at radius 1 is 0.829 bits per heavy atom. The van der Waals surface area contributed by atoms with Crippen LogP contribution in [-0.2, 0) is 27.3 Å². The summed E-state index contributed by atoms with van der Waals surface area (Å²) < 4.78 is 10.8. The van der Waals surface area contributed by atoms with Gasteiger partial charge in [0.25, 0.3) is 5.91 Å². The lowest BCUT2D eigenvalue weighted by Gasteiger charge is -2.32. The molecule has 1 fully saturated rings. The van der Waals surface area contributed by atoms with Gasteiger partial charge in [0.2, 0.25) is 5.91 Å². The Morgan fingerprint density at radius 3 is 2.05 bits per heavy atom. The number of hydrogen-bond donors (Lipinski definition) is 1. The minimum absolute atomic E-state index is 0.140. The molecule has 1 atom stereocenters. The maximum Gasteiger partial charge on any atom is 0.251 e. The summed E-state index contributed by atoms with van der Waals surface area (Å²) in [5, 5.41) is 3.08. The van der Waals surface area contributed by atoms with Crippen LogP contribution < -0.4 is 15.0 Å². The molecule has 41 heavy (non-hydrogen) atoms.